The Morgan fingerprint density at radius 1 is 1.17 bits per heavy atom. The van der Waals surface area contributed by atoms with Gasteiger partial charge in [-0.3, -0.25) is 9.69 Å². The summed E-state index contributed by atoms with van der Waals surface area (Å²) in [6.07, 6.45) is 1.15. The Hall–Kier alpha value is -2.12. The summed E-state index contributed by atoms with van der Waals surface area (Å²) in [4.78, 5) is 20.9. The molecule has 1 aromatic rings. The van der Waals surface area contributed by atoms with E-state index in [1.165, 1.54) is 0 Å². The minimum absolute atomic E-state index is 0.0133. The van der Waals surface area contributed by atoms with Crippen molar-refractivity contribution >= 4 is 11.9 Å². The fourth-order valence-electron chi connectivity index (χ4n) is 3.59. The zero-order valence-corrected chi connectivity index (χ0v) is 19.3. The lowest BCUT2D eigenvalue weighted by atomic mass is 10.0. The van der Waals surface area contributed by atoms with Gasteiger partial charge in [0.05, 0.1) is 19.8 Å². The van der Waals surface area contributed by atoms with Crippen molar-refractivity contribution in [2.75, 3.05) is 53.5 Å². The van der Waals surface area contributed by atoms with Gasteiger partial charge < -0.3 is 20.3 Å². The number of rotatable bonds is 9. The van der Waals surface area contributed by atoms with Gasteiger partial charge in [-0.1, -0.05) is 26.0 Å². The number of guanidine groups is 1. The van der Waals surface area contributed by atoms with Crippen LogP contribution in [0.2, 0.25) is 0 Å². The topological polar surface area (TPSA) is 69.2 Å². The molecule has 1 saturated heterocycles. The second kappa shape index (κ2) is 12.5. The molecule has 0 aromatic heterocycles. The molecular formula is C23H39N5O2. The van der Waals surface area contributed by atoms with E-state index in [1.54, 1.807) is 19.0 Å². The van der Waals surface area contributed by atoms with Gasteiger partial charge in [0.15, 0.2) is 5.96 Å². The first-order chi connectivity index (χ1) is 14.4. The van der Waals surface area contributed by atoms with Crippen LogP contribution in [0.5, 0.6) is 0 Å². The zero-order chi connectivity index (χ0) is 21.9. The van der Waals surface area contributed by atoms with Crippen molar-refractivity contribution in [3.05, 3.63) is 35.4 Å². The van der Waals surface area contributed by atoms with Crippen LogP contribution in [0.3, 0.4) is 0 Å². The van der Waals surface area contributed by atoms with E-state index >= 15 is 0 Å². The summed E-state index contributed by atoms with van der Waals surface area (Å²) in [6, 6.07) is 8.14. The average Bonchev–Trinajstić information content (AvgIpc) is 2.74. The van der Waals surface area contributed by atoms with Crippen molar-refractivity contribution in [1.29, 1.82) is 0 Å². The molecule has 1 amide bonds. The van der Waals surface area contributed by atoms with Crippen molar-refractivity contribution in [2.24, 2.45) is 10.9 Å². The molecule has 1 aromatic carbocycles. The monoisotopic (exact) mass is 417 g/mol. The van der Waals surface area contributed by atoms with E-state index in [0.29, 0.717) is 24.1 Å². The molecular weight excluding hydrogens is 378 g/mol. The first-order valence-corrected chi connectivity index (χ1v) is 11.0. The van der Waals surface area contributed by atoms with Gasteiger partial charge in [-0.25, -0.2) is 4.99 Å². The number of amides is 1. The van der Waals surface area contributed by atoms with Crippen LogP contribution in [-0.2, 0) is 11.3 Å². The zero-order valence-electron chi connectivity index (χ0n) is 19.3. The number of ether oxygens (including phenoxy) is 1. The minimum Gasteiger partial charge on any atom is -0.379 e. The quantitative estimate of drug-likeness (QED) is 0.476. The van der Waals surface area contributed by atoms with Crippen LogP contribution >= 0.6 is 0 Å². The fraction of sp³-hybridized carbons (Fsp3) is 0.652. The maximum absolute atomic E-state index is 12.0. The molecule has 1 fully saturated rings. The van der Waals surface area contributed by atoms with Crippen molar-refractivity contribution in [2.45, 2.75) is 39.8 Å². The van der Waals surface area contributed by atoms with Crippen molar-refractivity contribution in [3.8, 4) is 0 Å². The maximum atomic E-state index is 12.0. The summed E-state index contributed by atoms with van der Waals surface area (Å²) in [6.45, 7) is 12.5. The first kappa shape index (κ1) is 24.2. The summed E-state index contributed by atoms with van der Waals surface area (Å²) in [7, 11) is 3.52. The molecule has 0 radical (unpaired) electrons. The largest absolute Gasteiger partial charge is 0.379 e. The lowest BCUT2D eigenvalue weighted by Crippen LogP contribution is -2.51. The lowest BCUT2D eigenvalue weighted by Gasteiger charge is -2.35. The van der Waals surface area contributed by atoms with Gasteiger partial charge >= 0.3 is 0 Å². The summed E-state index contributed by atoms with van der Waals surface area (Å²) in [5.74, 6) is 1.48. The second-order valence-corrected chi connectivity index (χ2v) is 8.40. The molecule has 1 aliphatic heterocycles. The van der Waals surface area contributed by atoms with E-state index in [4.69, 9.17) is 9.73 Å². The summed E-state index contributed by atoms with van der Waals surface area (Å²) in [5.41, 5.74) is 1.77. The van der Waals surface area contributed by atoms with Gasteiger partial charge in [0.1, 0.15) is 0 Å². The van der Waals surface area contributed by atoms with Gasteiger partial charge in [0.25, 0.3) is 5.91 Å². The predicted octanol–water partition coefficient (Wildman–Crippen LogP) is 2.19. The average molecular weight is 418 g/mol. The normalized spacial score (nSPS) is 16.4. The van der Waals surface area contributed by atoms with Crippen LogP contribution in [0.15, 0.2) is 29.3 Å². The Morgan fingerprint density at radius 2 is 1.83 bits per heavy atom. The van der Waals surface area contributed by atoms with Gasteiger partial charge in [-0.05, 0) is 37.0 Å². The van der Waals surface area contributed by atoms with E-state index in [0.717, 1.165) is 57.3 Å². The number of aliphatic imine (C=N–C) groups is 1. The number of carbonyl (C=O) groups is 1. The number of morpholine rings is 1. The van der Waals surface area contributed by atoms with E-state index in [9.17, 15) is 4.79 Å². The van der Waals surface area contributed by atoms with Gasteiger partial charge in [0, 0.05) is 51.9 Å². The summed E-state index contributed by atoms with van der Waals surface area (Å²) in [5, 5.41) is 6.88. The number of benzene rings is 1. The van der Waals surface area contributed by atoms with Crippen LogP contribution in [0, 0.1) is 5.92 Å². The maximum Gasteiger partial charge on any atom is 0.253 e. The molecule has 1 unspecified atom stereocenters. The number of hydrogen-bond acceptors (Lipinski definition) is 4. The van der Waals surface area contributed by atoms with Crippen LogP contribution < -0.4 is 10.6 Å². The minimum atomic E-state index is 0.0133. The molecule has 2 rings (SSSR count). The van der Waals surface area contributed by atoms with Gasteiger partial charge in [-0.15, -0.1) is 0 Å². The Labute approximate surface area is 181 Å². The van der Waals surface area contributed by atoms with Crippen LogP contribution in [0.1, 0.15) is 43.1 Å². The Bertz CT molecular complexity index is 667. The molecule has 0 saturated carbocycles. The highest BCUT2D eigenvalue weighted by molar-refractivity contribution is 5.93. The Balaban J connectivity index is 1.97. The molecule has 2 N–H and O–H groups in total. The third-order valence-corrected chi connectivity index (χ3v) is 5.18. The van der Waals surface area contributed by atoms with E-state index < -0.39 is 0 Å². The number of hydrogen-bond donors (Lipinski definition) is 2. The van der Waals surface area contributed by atoms with E-state index in [-0.39, 0.29) is 5.91 Å². The lowest BCUT2D eigenvalue weighted by molar-refractivity contribution is 0.0132. The van der Waals surface area contributed by atoms with E-state index in [2.05, 4.69) is 36.3 Å². The number of carbonyl (C=O) groups excluding carboxylic acids is 1. The van der Waals surface area contributed by atoms with Gasteiger partial charge in [-0.2, -0.15) is 0 Å². The Kier molecular flexibility index (Phi) is 10.1. The highest BCUT2D eigenvalue weighted by Crippen LogP contribution is 2.13. The summed E-state index contributed by atoms with van der Waals surface area (Å²) < 4.78 is 5.52. The SMILES string of the molecule is CCNC(=NCc1ccc(C(=O)N(C)C)cc1)NCC(CC(C)C)N1CCOCC1. The molecule has 0 aliphatic carbocycles. The van der Waals surface area contributed by atoms with Crippen LogP contribution in [0.4, 0.5) is 0 Å². The second-order valence-electron chi connectivity index (χ2n) is 8.40. The van der Waals surface area contributed by atoms with Crippen molar-refractivity contribution in [1.82, 2.24) is 20.4 Å². The summed E-state index contributed by atoms with van der Waals surface area (Å²) >= 11 is 0. The first-order valence-electron chi connectivity index (χ1n) is 11.0. The van der Waals surface area contributed by atoms with Crippen molar-refractivity contribution < 1.29 is 9.53 Å². The molecule has 0 bridgehead atoms. The van der Waals surface area contributed by atoms with Crippen LogP contribution in [0.25, 0.3) is 0 Å². The molecule has 0 spiro atoms. The molecule has 168 valence electrons. The third kappa shape index (κ3) is 7.95. The molecule has 1 atom stereocenters. The number of nitrogens with zero attached hydrogens (tertiary/aromatic N) is 3. The predicted molar refractivity (Wildman–Crippen MR) is 123 cm³/mol. The molecule has 1 aliphatic rings. The standard InChI is InChI=1S/C23H39N5O2/c1-6-24-23(25-16-19-7-9-20(10-8-19)22(29)27(4)5)26-17-21(15-18(2)3)28-11-13-30-14-12-28/h7-10,18,21H,6,11-17H2,1-5H3,(H2,24,25,26). The van der Waals surface area contributed by atoms with E-state index in [1.807, 2.05) is 24.3 Å². The molecule has 30 heavy (non-hydrogen) atoms. The molecule has 7 nitrogen and oxygen atoms in total. The fourth-order valence-corrected chi connectivity index (χ4v) is 3.59. The Morgan fingerprint density at radius 3 is 2.40 bits per heavy atom. The highest BCUT2D eigenvalue weighted by Gasteiger charge is 2.22. The van der Waals surface area contributed by atoms with Crippen molar-refractivity contribution in [3.63, 3.8) is 0 Å². The van der Waals surface area contributed by atoms with Crippen LogP contribution in [-0.4, -0.2) is 81.2 Å². The van der Waals surface area contributed by atoms with Gasteiger partial charge in [0.2, 0.25) is 0 Å². The molecule has 1 heterocycles. The third-order valence-electron chi connectivity index (χ3n) is 5.18. The molecule has 7 heteroatoms. The highest BCUT2D eigenvalue weighted by atomic mass is 16.5. The number of nitrogens with one attached hydrogen (secondary N) is 2. The smallest absolute Gasteiger partial charge is 0.253 e.